The van der Waals surface area contributed by atoms with Crippen molar-refractivity contribution in [2.45, 2.75) is 37.3 Å². The number of aryl methyl sites for hydroxylation is 2. The molecule has 2 aromatic rings. The Bertz CT molecular complexity index is 693. The van der Waals surface area contributed by atoms with Crippen molar-refractivity contribution in [2.24, 2.45) is 12.0 Å². The molecular weight excluding hydrogens is 330 g/mol. The maximum atomic E-state index is 4.47. The number of thioether (sulfide) groups is 1. The van der Waals surface area contributed by atoms with Gasteiger partial charge in [-0.3, -0.25) is 9.67 Å². The summed E-state index contributed by atoms with van der Waals surface area (Å²) >= 11 is 1.87. The zero-order chi connectivity index (χ0) is 18.2. The quantitative estimate of drug-likeness (QED) is 0.453. The van der Waals surface area contributed by atoms with Gasteiger partial charge in [0.15, 0.2) is 5.96 Å². The summed E-state index contributed by atoms with van der Waals surface area (Å²) in [7, 11) is 3.80. The lowest BCUT2D eigenvalue weighted by molar-refractivity contribution is 0.728. The highest BCUT2D eigenvalue weighted by Crippen LogP contribution is 2.21. The summed E-state index contributed by atoms with van der Waals surface area (Å²) in [5.41, 5.74) is 3.66. The van der Waals surface area contributed by atoms with Crippen LogP contribution in [0.4, 0.5) is 0 Å². The molecule has 0 saturated heterocycles. The standard InChI is InChI=1S/C19H29N5S/c1-14(25-17-9-7-6-8-10-17)13-22-19(20-4)21-12-11-18-15(2)23-24(5)16(18)3/h6-10,14H,11-13H2,1-5H3,(H2,20,21,22). The molecule has 0 aliphatic heterocycles. The number of aliphatic imine (C=N–C) groups is 1. The van der Waals surface area contributed by atoms with Crippen molar-refractivity contribution < 1.29 is 0 Å². The summed E-state index contributed by atoms with van der Waals surface area (Å²) in [4.78, 5) is 5.61. The molecule has 0 fully saturated rings. The average molecular weight is 360 g/mol. The van der Waals surface area contributed by atoms with Gasteiger partial charge >= 0.3 is 0 Å². The van der Waals surface area contributed by atoms with Crippen LogP contribution in [0.15, 0.2) is 40.2 Å². The molecule has 1 aromatic heterocycles. The molecule has 0 amide bonds. The number of nitrogens with one attached hydrogen (secondary N) is 2. The van der Waals surface area contributed by atoms with Crippen LogP contribution < -0.4 is 10.6 Å². The zero-order valence-corrected chi connectivity index (χ0v) is 16.7. The van der Waals surface area contributed by atoms with Crippen LogP contribution in [0, 0.1) is 13.8 Å². The number of benzene rings is 1. The third kappa shape index (κ3) is 5.81. The van der Waals surface area contributed by atoms with E-state index in [-0.39, 0.29) is 0 Å². The Morgan fingerprint density at radius 2 is 1.96 bits per heavy atom. The molecule has 25 heavy (non-hydrogen) atoms. The van der Waals surface area contributed by atoms with Crippen molar-refractivity contribution in [3.8, 4) is 0 Å². The Morgan fingerprint density at radius 3 is 2.56 bits per heavy atom. The fourth-order valence-corrected chi connectivity index (χ4v) is 3.66. The minimum atomic E-state index is 0.462. The summed E-state index contributed by atoms with van der Waals surface area (Å²) in [5, 5.41) is 11.7. The van der Waals surface area contributed by atoms with Gasteiger partial charge in [0.2, 0.25) is 0 Å². The first-order chi connectivity index (χ1) is 12.0. The zero-order valence-electron chi connectivity index (χ0n) is 15.8. The van der Waals surface area contributed by atoms with E-state index in [0.717, 1.165) is 31.2 Å². The van der Waals surface area contributed by atoms with E-state index in [2.05, 4.69) is 65.8 Å². The smallest absolute Gasteiger partial charge is 0.191 e. The number of rotatable bonds is 7. The molecule has 136 valence electrons. The van der Waals surface area contributed by atoms with Crippen LogP contribution in [0.5, 0.6) is 0 Å². The van der Waals surface area contributed by atoms with E-state index in [1.54, 1.807) is 0 Å². The Kier molecular flexibility index (Phi) is 7.37. The predicted octanol–water partition coefficient (Wildman–Crippen LogP) is 2.93. The highest BCUT2D eigenvalue weighted by Gasteiger charge is 2.10. The predicted molar refractivity (Wildman–Crippen MR) is 108 cm³/mol. The first kappa shape index (κ1) is 19.4. The molecule has 6 heteroatoms. The molecule has 5 nitrogen and oxygen atoms in total. The number of aromatic nitrogens is 2. The second-order valence-corrected chi connectivity index (χ2v) is 7.66. The topological polar surface area (TPSA) is 54.2 Å². The molecule has 0 aliphatic carbocycles. The van der Waals surface area contributed by atoms with Gasteiger partial charge in [-0.05, 0) is 38.0 Å². The van der Waals surface area contributed by atoms with E-state index in [4.69, 9.17) is 0 Å². The fourth-order valence-electron chi connectivity index (χ4n) is 2.72. The summed E-state index contributed by atoms with van der Waals surface area (Å²) in [6, 6.07) is 10.5. The van der Waals surface area contributed by atoms with E-state index in [1.807, 2.05) is 36.6 Å². The van der Waals surface area contributed by atoms with Crippen molar-refractivity contribution in [3.63, 3.8) is 0 Å². The summed E-state index contributed by atoms with van der Waals surface area (Å²) in [5.74, 6) is 0.847. The molecule has 0 aliphatic rings. The molecule has 2 N–H and O–H groups in total. The minimum absolute atomic E-state index is 0.462. The second kappa shape index (κ2) is 9.51. The third-order valence-electron chi connectivity index (χ3n) is 4.19. The van der Waals surface area contributed by atoms with E-state index in [1.165, 1.54) is 16.2 Å². The molecule has 0 saturated carbocycles. The normalized spacial score (nSPS) is 12.9. The second-order valence-electron chi connectivity index (χ2n) is 6.14. The van der Waals surface area contributed by atoms with Gasteiger partial charge in [-0.25, -0.2) is 0 Å². The molecule has 1 unspecified atom stereocenters. The van der Waals surface area contributed by atoms with Gasteiger partial charge in [0.05, 0.1) is 5.69 Å². The molecule has 1 atom stereocenters. The Hall–Kier alpha value is -1.95. The maximum absolute atomic E-state index is 4.47. The number of hydrogen-bond acceptors (Lipinski definition) is 3. The Morgan fingerprint density at radius 1 is 1.24 bits per heavy atom. The molecule has 1 heterocycles. The monoisotopic (exact) mass is 359 g/mol. The van der Waals surface area contributed by atoms with Gasteiger partial charge < -0.3 is 10.6 Å². The Balaban J connectivity index is 1.75. The van der Waals surface area contributed by atoms with Crippen LogP contribution in [0.2, 0.25) is 0 Å². The fraction of sp³-hybridized carbons (Fsp3) is 0.474. The largest absolute Gasteiger partial charge is 0.356 e. The Labute approximate surface area is 155 Å². The lowest BCUT2D eigenvalue weighted by Gasteiger charge is -2.16. The van der Waals surface area contributed by atoms with E-state index in [9.17, 15) is 0 Å². The average Bonchev–Trinajstić information content (AvgIpc) is 2.84. The summed E-state index contributed by atoms with van der Waals surface area (Å²) in [6.45, 7) is 8.11. The first-order valence-corrected chi connectivity index (χ1v) is 9.54. The number of guanidine groups is 1. The van der Waals surface area contributed by atoms with Crippen LogP contribution in [0.1, 0.15) is 23.9 Å². The third-order valence-corrected chi connectivity index (χ3v) is 5.30. The van der Waals surface area contributed by atoms with Gasteiger partial charge in [-0.1, -0.05) is 25.1 Å². The van der Waals surface area contributed by atoms with Crippen LogP contribution >= 0.6 is 11.8 Å². The van der Waals surface area contributed by atoms with Gasteiger partial charge in [-0.2, -0.15) is 5.10 Å². The highest BCUT2D eigenvalue weighted by atomic mass is 32.2. The van der Waals surface area contributed by atoms with Gasteiger partial charge in [0.25, 0.3) is 0 Å². The number of hydrogen-bond donors (Lipinski definition) is 2. The number of nitrogens with zero attached hydrogens (tertiary/aromatic N) is 3. The SMILES string of the molecule is CN=C(NCCc1c(C)nn(C)c1C)NCC(C)Sc1ccccc1. The maximum Gasteiger partial charge on any atom is 0.191 e. The van der Waals surface area contributed by atoms with E-state index < -0.39 is 0 Å². The van der Waals surface area contributed by atoms with Gasteiger partial charge in [0.1, 0.15) is 0 Å². The van der Waals surface area contributed by atoms with E-state index >= 15 is 0 Å². The molecule has 0 radical (unpaired) electrons. The molecule has 2 rings (SSSR count). The van der Waals surface area contributed by atoms with E-state index in [0.29, 0.717) is 5.25 Å². The van der Waals surface area contributed by atoms with Crippen molar-refractivity contribution in [1.29, 1.82) is 0 Å². The van der Waals surface area contributed by atoms with Crippen molar-refractivity contribution in [1.82, 2.24) is 20.4 Å². The van der Waals surface area contributed by atoms with Crippen LogP contribution in [0.3, 0.4) is 0 Å². The lowest BCUT2D eigenvalue weighted by atomic mass is 10.1. The lowest BCUT2D eigenvalue weighted by Crippen LogP contribution is -2.40. The molecule has 0 bridgehead atoms. The van der Waals surface area contributed by atoms with Gasteiger partial charge in [0, 0.05) is 43.0 Å². The van der Waals surface area contributed by atoms with Crippen molar-refractivity contribution in [2.75, 3.05) is 20.1 Å². The minimum Gasteiger partial charge on any atom is -0.356 e. The molecule has 1 aromatic carbocycles. The highest BCUT2D eigenvalue weighted by molar-refractivity contribution is 8.00. The molecular formula is C19H29N5S. The van der Waals surface area contributed by atoms with Crippen LogP contribution in [-0.2, 0) is 13.5 Å². The van der Waals surface area contributed by atoms with Crippen LogP contribution in [0.25, 0.3) is 0 Å². The summed E-state index contributed by atoms with van der Waals surface area (Å²) < 4.78 is 1.94. The van der Waals surface area contributed by atoms with Gasteiger partial charge in [-0.15, -0.1) is 11.8 Å². The van der Waals surface area contributed by atoms with Crippen LogP contribution in [-0.4, -0.2) is 41.1 Å². The van der Waals surface area contributed by atoms with Crippen molar-refractivity contribution >= 4 is 17.7 Å². The summed E-state index contributed by atoms with van der Waals surface area (Å²) in [6.07, 6.45) is 0.945. The first-order valence-electron chi connectivity index (χ1n) is 8.66. The van der Waals surface area contributed by atoms with Crippen molar-refractivity contribution in [3.05, 3.63) is 47.3 Å². The molecule has 0 spiro atoms.